The summed E-state index contributed by atoms with van der Waals surface area (Å²) in [6.45, 7) is 8.65. The standard InChI is InChI=1S/C14H30N2O4/c1-6-20-13(17)14(3,15)7-8-16(9-10-18-4)12(2)11-19-5/h12H,6-11,15H2,1-5H3. The SMILES string of the molecule is CCOC(=O)C(C)(N)CCN(CCOC)C(C)COC. The molecule has 0 aliphatic heterocycles. The fraction of sp³-hybridized carbons (Fsp3) is 0.929. The minimum absolute atomic E-state index is 0.244. The number of rotatable bonds is 11. The van der Waals surface area contributed by atoms with E-state index in [9.17, 15) is 4.79 Å². The molecular weight excluding hydrogens is 260 g/mol. The van der Waals surface area contributed by atoms with Crippen LogP contribution in [0, 0.1) is 0 Å². The number of carbonyl (C=O) groups excluding carboxylic acids is 1. The highest BCUT2D eigenvalue weighted by molar-refractivity contribution is 5.79. The Kier molecular flexibility index (Phi) is 9.75. The van der Waals surface area contributed by atoms with E-state index in [1.165, 1.54) is 0 Å². The largest absolute Gasteiger partial charge is 0.465 e. The van der Waals surface area contributed by atoms with Crippen molar-refractivity contribution >= 4 is 5.97 Å². The molecule has 0 amide bonds. The Bertz CT molecular complexity index is 272. The van der Waals surface area contributed by atoms with E-state index in [4.69, 9.17) is 19.9 Å². The summed E-state index contributed by atoms with van der Waals surface area (Å²) in [5, 5.41) is 0. The van der Waals surface area contributed by atoms with E-state index >= 15 is 0 Å². The molecule has 0 aliphatic carbocycles. The van der Waals surface area contributed by atoms with Crippen molar-refractivity contribution in [2.75, 3.05) is 47.1 Å². The van der Waals surface area contributed by atoms with Gasteiger partial charge in [-0.3, -0.25) is 9.69 Å². The van der Waals surface area contributed by atoms with E-state index in [1.54, 1.807) is 28.1 Å². The van der Waals surface area contributed by atoms with Crippen molar-refractivity contribution in [2.24, 2.45) is 5.73 Å². The minimum atomic E-state index is -0.964. The first-order chi connectivity index (χ1) is 9.38. The lowest BCUT2D eigenvalue weighted by molar-refractivity contribution is -0.149. The second-order valence-electron chi connectivity index (χ2n) is 5.22. The average Bonchev–Trinajstić information content (AvgIpc) is 2.39. The molecule has 0 saturated carbocycles. The molecule has 20 heavy (non-hydrogen) atoms. The number of methoxy groups -OCH3 is 2. The van der Waals surface area contributed by atoms with Crippen LogP contribution in [0.25, 0.3) is 0 Å². The Morgan fingerprint density at radius 2 is 1.95 bits per heavy atom. The third-order valence-electron chi connectivity index (χ3n) is 3.27. The maximum Gasteiger partial charge on any atom is 0.325 e. The molecule has 0 rings (SSSR count). The molecule has 6 heteroatoms. The van der Waals surface area contributed by atoms with E-state index in [0.29, 0.717) is 32.8 Å². The quantitative estimate of drug-likeness (QED) is 0.563. The van der Waals surface area contributed by atoms with Gasteiger partial charge >= 0.3 is 5.97 Å². The minimum Gasteiger partial charge on any atom is -0.465 e. The van der Waals surface area contributed by atoms with Gasteiger partial charge in [0.05, 0.1) is 19.8 Å². The zero-order valence-corrected chi connectivity index (χ0v) is 13.5. The van der Waals surface area contributed by atoms with Crippen molar-refractivity contribution in [1.82, 2.24) is 4.90 Å². The molecule has 0 aromatic carbocycles. The monoisotopic (exact) mass is 290 g/mol. The summed E-state index contributed by atoms with van der Waals surface area (Å²) in [5.41, 5.74) is 5.07. The smallest absolute Gasteiger partial charge is 0.325 e. The lowest BCUT2D eigenvalue weighted by Gasteiger charge is -2.31. The van der Waals surface area contributed by atoms with Crippen LogP contribution in [0.3, 0.4) is 0 Å². The van der Waals surface area contributed by atoms with Gasteiger partial charge in [0.15, 0.2) is 0 Å². The molecule has 2 N–H and O–H groups in total. The van der Waals surface area contributed by atoms with Crippen LogP contribution in [-0.2, 0) is 19.0 Å². The van der Waals surface area contributed by atoms with Crippen molar-refractivity contribution in [1.29, 1.82) is 0 Å². The van der Waals surface area contributed by atoms with Crippen molar-refractivity contribution in [3.8, 4) is 0 Å². The Labute approximate surface area is 122 Å². The van der Waals surface area contributed by atoms with Crippen LogP contribution in [0.2, 0.25) is 0 Å². The van der Waals surface area contributed by atoms with Gasteiger partial charge in [0.2, 0.25) is 0 Å². The topological polar surface area (TPSA) is 74.0 Å². The third kappa shape index (κ3) is 7.19. The number of hydrogen-bond donors (Lipinski definition) is 1. The van der Waals surface area contributed by atoms with Gasteiger partial charge in [0, 0.05) is 33.4 Å². The lowest BCUT2D eigenvalue weighted by Crippen LogP contribution is -2.50. The number of carbonyl (C=O) groups is 1. The molecular formula is C14H30N2O4. The zero-order chi connectivity index (χ0) is 15.6. The van der Waals surface area contributed by atoms with E-state index in [-0.39, 0.29) is 12.0 Å². The summed E-state index contributed by atoms with van der Waals surface area (Å²) in [6, 6.07) is 0.244. The van der Waals surface area contributed by atoms with Gasteiger partial charge in [-0.25, -0.2) is 0 Å². The van der Waals surface area contributed by atoms with E-state index in [0.717, 1.165) is 6.54 Å². The van der Waals surface area contributed by atoms with Gasteiger partial charge in [-0.15, -0.1) is 0 Å². The molecule has 0 aliphatic rings. The van der Waals surface area contributed by atoms with Gasteiger partial charge in [0.25, 0.3) is 0 Å². The second kappa shape index (κ2) is 10.1. The highest BCUT2D eigenvalue weighted by atomic mass is 16.5. The summed E-state index contributed by atoms with van der Waals surface area (Å²) >= 11 is 0. The van der Waals surface area contributed by atoms with Crippen LogP contribution >= 0.6 is 0 Å². The van der Waals surface area contributed by atoms with Gasteiger partial charge in [-0.1, -0.05) is 0 Å². The molecule has 0 heterocycles. The molecule has 0 radical (unpaired) electrons. The number of nitrogens with two attached hydrogens (primary N) is 1. The fourth-order valence-electron chi connectivity index (χ4n) is 1.88. The number of esters is 1. The zero-order valence-electron chi connectivity index (χ0n) is 13.5. The molecule has 0 saturated heterocycles. The van der Waals surface area contributed by atoms with Crippen LogP contribution in [0.4, 0.5) is 0 Å². The maximum atomic E-state index is 11.8. The summed E-state index contributed by atoms with van der Waals surface area (Å²) in [6.07, 6.45) is 0.531. The van der Waals surface area contributed by atoms with Crippen molar-refractivity contribution < 1.29 is 19.0 Å². The summed E-state index contributed by atoms with van der Waals surface area (Å²) < 4.78 is 15.3. The van der Waals surface area contributed by atoms with Crippen LogP contribution < -0.4 is 5.73 Å². The molecule has 120 valence electrons. The predicted octanol–water partition coefficient (Wildman–Crippen LogP) is 0.640. The Hall–Kier alpha value is -0.690. The van der Waals surface area contributed by atoms with Gasteiger partial charge in [-0.2, -0.15) is 0 Å². The lowest BCUT2D eigenvalue weighted by atomic mass is 9.99. The van der Waals surface area contributed by atoms with E-state index in [2.05, 4.69) is 11.8 Å². The predicted molar refractivity (Wildman–Crippen MR) is 78.6 cm³/mol. The van der Waals surface area contributed by atoms with Crippen LogP contribution in [0.5, 0.6) is 0 Å². The van der Waals surface area contributed by atoms with Crippen LogP contribution in [0.15, 0.2) is 0 Å². The van der Waals surface area contributed by atoms with Crippen molar-refractivity contribution in [3.63, 3.8) is 0 Å². The van der Waals surface area contributed by atoms with Crippen LogP contribution in [0.1, 0.15) is 27.2 Å². The third-order valence-corrected chi connectivity index (χ3v) is 3.27. The fourth-order valence-corrected chi connectivity index (χ4v) is 1.88. The maximum absolute atomic E-state index is 11.8. The first-order valence-electron chi connectivity index (χ1n) is 7.07. The Morgan fingerprint density at radius 3 is 2.45 bits per heavy atom. The average molecular weight is 290 g/mol. The van der Waals surface area contributed by atoms with Crippen LogP contribution in [-0.4, -0.2) is 69.6 Å². The molecule has 0 bridgehead atoms. The van der Waals surface area contributed by atoms with Gasteiger partial charge < -0.3 is 19.9 Å². The first-order valence-corrected chi connectivity index (χ1v) is 7.07. The Morgan fingerprint density at radius 1 is 1.30 bits per heavy atom. The molecule has 0 fully saturated rings. The Balaban J connectivity index is 4.45. The highest BCUT2D eigenvalue weighted by Gasteiger charge is 2.30. The molecule has 2 unspecified atom stereocenters. The number of hydrogen-bond acceptors (Lipinski definition) is 6. The van der Waals surface area contributed by atoms with Gasteiger partial charge in [-0.05, 0) is 27.2 Å². The molecule has 6 nitrogen and oxygen atoms in total. The second-order valence-corrected chi connectivity index (χ2v) is 5.22. The van der Waals surface area contributed by atoms with Gasteiger partial charge in [0.1, 0.15) is 5.54 Å². The van der Waals surface area contributed by atoms with E-state index in [1.807, 2.05) is 0 Å². The molecule has 0 aromatic rings. The molecule has 0 spiro atoms. The normalized spacial score (nSPS) is 15.9. The highest BCUT2D eigenvalue weighted by Crippen LogP contribution is 2.11. The van der Waals surface area contributed by atoms with Crippen molar-refractivity contribution in [2.45, 2.75) is 38.8 Å². The van der Waals surface area contributed by atoms with E-state index < -0.39 is 5.54 Å². The number of ether oxygens (including phenoxy) is 3. The van der Waals surface area contributed by atoms with Crippen molar-refractivity contribution in [3.05, 3.63) is 0 Å². The number of nitrogens with zero attached hydrogens (tertiary/aromatic N) is 1. The summed E-state index contributed by atoms with van der Waals surface area (Å²) in [7, 11) is 3.35. The first kappa shape index (κ1) is 19.3. The molecule has 2 atom stereocenters. The molecule has 0 aromatic heterocycles. The summed E-state index contributed by atoms with van der Waals surface area (Å²) in [4.78, 5) is 14.0. The summed E-state index contributed by atoms with van der Waals surface area (Å²) in [5.74, 6) is -0.355.